The highest BCUT2D eigenvalue weighted by Gasteiger charge is 2.47. The first kappa shape index (κ1) is 25.4. The molecule has 0 saturated carbocycles. The third-order valence-corrected chi connectivity index (χ3v) is 6.84. The van der Waals surface area contributed by atoms with Crippen molar-refractivity contribution in [1.29, 1.82) is 0 Å². The van der Waals surface area contributed by atoms with Crippen LogP contribution in [0, 0.1) is 6.92 Å². The Hall–Kier alpha value is -4.29. The standard InChI is InChI=1S/C31H26ClNO5/c1-20-18-23(11-14-25(20)38-19-22-6-3-2-4-7-22)29(34)27-28(26-8-5-17-37-26)33(31(36)30(27)35)16-15-21-9-12-24(32)13-10-21/h2-14,17-18,28,34H,15-16,19H2,1H3/b29-27-. The molecule has 1 saturated heterocycles. The smallest absolute Gasteiger partial charge is 0.295 e. The second-order valence-electron chi connectivity index (χ2n) is 9.14. The molecule has 2 heterocycles. The molecule has 38 heavy (non-hydrogen) atoms. The van der Waals surface area contributed by atoms with Crippen LogP contribution >= 0.6 is 11.6 Å². The number of hydrogen-bond acceptors (Lipinski definition) is 5. The Morgan fingerprint density at radius 1 is 0.974 bits per heavy atom. The van der Waals surface area contributed by atoms with Crippen molar-refractivity contribution in [3.63, 3.8) is 0 Å². The fourth-order valence-electron chi connectivity index (χ4n) is 4.60. The minimum Gasteiger partial charge on any atom is -0.507 e. The largest absolute Gasteiger partial charge is 0.507 e. The van der Waals surface area contributed by atoms with Gasteiger partial charge in [0.1, 0.15) is 29.9 Å². The molecule has 5 rings (SSSR count). The number of halogens is 1. The van der Waals surface area contributed by atoms with Gasteiger partial charge in [-0.1, -0.05) is 54.1 Å². The number of amides is 1. The maximum atomic E-state index is 13.2. The van der Waals surface area contributed by atoms with Gasteiger partial charge in [-0.2, -0.15) is 0 Å². The molecule has 1 aromatic heterocycles. The summed E-state index contributed by atoms with van der Waals surface area (Å²) in [5.41, 5.74) is 3.21. The van der Waals surface area contributed by atoms with Crippen LogP contribution in [0.1, 0.15) is 34.1 Å². The lowest BCUT2D eigenvalue weighted by Gasteiger charge is -2.23. The highest BCUT2D eigenvalue weighted by molar-refractivity contribution is 6.46. The number of nitrogens with zero attached hydrogens (tertiary/aromatic N) is 1. The number of Topliss-reactive ketones (excluding diaryl/α,β-unsaturated/α-hetero) is 1. The Bertz CT molecular complexity index is 1480. The molecule has 1 aliphatic rings. The Kier molecular flexibility index (Phi) is 7.33. The number of ketones is 1. The van der Waals surface area contributed by atoms with Crippen molar-refractivity contribution >= 4 is 29.1 Å². The number of furan rings is 1. The molecular weight excluding hydrogens is 502 g/mol. The van der Waals surface area contributed by atoms with Gasteiger partial charge in [0.2, 0.25) is 0 Å². The molecule has 1 aliphatic heterocycles. The van der Waals surface area contributed by atoms with Gasteiger partial charge >= 0.3 is 0 Å². The molecule has 1 fully saturated rings. The topological polar surface area (TPSA) is 80.0 Å². The lowest BCUT2D eigenvalue weighted by molar-refractivity contribution is -0.140. The van der Waals surface area contributed by atoms with Gasteiger partial charge in [0.25, 0.3) is 11.7 Å². The van der Waals surface area contributed by atoms with E-state index < -0.39 is 17.7 Å². The number of benzene rings is 3. The molecule has 1 unspecified atom stereocenters. The summed E-state index contributed by atoms with van der Waals surface area (Å²) < 4.78 is 11.6. The zero-order valence-electron chi connectivity index (χ0n) is 20.8. The van der Waals surface area contributed by atoms with Gasteiger partial charge in [-0.3, -0.25) is 9.59 Å². The van der Waals surface area contributed by atoms with E-state index in [1.807, 2.05) is 49.4 Å². The van der Waals surface area contributed by atoms with Crippen LogP contribution in [-0.2, 0) is 22.6 Å². The highest BCUT2D eigenvalue weighted by atomic mass is 35.5. The first-order chi connectivity index (χ1) is 18.4. The monoisotopic (exact) mass is 527 g/mol. The minimum absolute atomic E-state index is 0.00147. The maximum absolute atomic E-state index is 13.2. The van der Waals surface area contributed by atoms with Gasteiger partial charge in [-0.25, -0.2) is 0 Å². The molecule has 7 heteroatoms. The van der Waals surface area contributed by atoms with Gasteiger partial charge in [0, 0.05) is 17.1 Å². The van der Waals surface area contributed by atoms with Crippen LogP contribution in [0.15, 0.2) is 101 Å². The van der Waals surface area contributed by atoms with Crippen molar-refractivity contribution in [3.8, 4) is 5.75 Å². The van der Waals surface area contributed by atoms with E-state index >= 15 is 0 Å². The predicted octanol–water partition coefficient (Wildman–Crippen LogP) is 6.48. The van der Waals surface area contributed by atoms with Gasteiger partial charge in [-0.15, -0.1) is 0 Å². The summed E-state index contributed by atoms with van der Waals surface area (Å²) in [5.74, 6) is -0.613. The molecule has 192 valence electrons. The molecular formula is C31H26ClNO5. The van der Waals surface area contributed by atoms with Crippen LogP contribution in [0.2, 0.25) is 5.02 Å². The number of rotatable bonds is 8. The molecule has 4 aromatic rings. The van der Waals surface area contributed by atoms with Gasteiger partial charge < -0.3 is 19.2 Å². The van der Waals surface area contributed by atoms with Gasteiger partial charge in [0.15, 0.2) is 0 Å². The van der Waals surface area contributed by atoms with Crippen LogP contribution in [-0.4, -0.2) is 28.2 Å². The predicted molar refractivity (Wildman–Crippen MR) is 145 cm³/mol. The first-order valence-electron chi connectivity index (χ1n) is 12.3. The van der Waals surface area contributed by atoms with E-state index in [-0.39, 0.29) is 17.9 Å². The highest BCUT2D eigenvalue weighted by Crippen LogP contribution is 2.40. The summed E-state index contributed by atoms with van der Waals surface area (Å²) in [7, 11) is 0. The quantitative estimate of drug-likeness (QED) is 0.161. The normalized spacial score (nSPS) is 16.7. The molecule has 1 atom stereocenters. The fraction of sp³-hybridized carbons (Fsp3) is 0.161. The van der Waals surface area contributed by atoms with E-state index in [4.69, 9.17) is 20.8 Å². The zero-order chi connectivity index (χ0) is 26.6. The van der Waals surface area contributed by atoms with Gasteiger partial charge in [0.05, 0.1) is 11.8 Å². The number of carbonyl (C=O) groups is 2. The Morgan fingerprint density at radius 2 is 1.74 bits per heavy atom. The Labute approximate surface area is 225 Å². The average molecular weight is 528 g/mol. The van der Waals surface area contributed by atoms with E-state index in [0.717, 1.165) is 16.7 Å². The Balaban J connectivity index is 1.43. The second-order valence-corrected chi connectivity index (χ2v) is 9.58. The molecule has 1 amide bonds. The number of hydrogen-bond donors (Lipinski definition) is 1. The molecule has 6 nitrogen and oxygen atoms in total. The second kappa shape index (κ2) is 11.0. The third kappa shape index (κ3) is 5.22. The molecule has 0 radical (unpaired) electrons. The molecule has 1 N–H and O–H groups in total. The summed E-state index contributed by atoms with van der Waals surface area (Å²) in [6.07, 6.45) is 1.99. The number of aliphatic hydroxyl groups excluding tert-OH is 1. The van der Waals surface area contributed by atoms with Crippen molar-refractivity contribution in [2.24, 2.45) is 0 Å². The van der Waals surface area contributed by atoms with Crippen LogP contribution in [0.5, 0.6) is 5.75 Å². The van der Waals surface area contributed by atoms with Crippen LogP contribution in [0.3, 0.4) is 0 Å². The molecule has 3 aromatic carbocycles. The van der Waals surface area contributed by atoms with Gasteiger partial charge in [-0.05, 0) is 72.5 Å². The number of likely N-dealkylation sites (tertiary alicyclic amines) is 1. The fourth-order valence-corrected chi connectivity index (χ4v) is 4.73. The van der Waals surface area contributed by atoms with E-state index in [1.54, 1.807) is 42.5 Å². The summed E-state index contributed by atoms with van der Waals surface area (Å²) in [4.78, 5) is 27.8. The Morgan fingerprint density at radius 3 is 2.42 bits per heavy atom. The molecule has 0 bridgehead atoms. The van der Waals surface area contributed by atoms with E-state index in [9.17, 15) is 14.7 Å². The molecule has 0 spiro atoms. The van der Waals surface area contributed by atoms with E-state index in [0.29, 0.717) is 35.1 Å². The third-order valence-electron chi connectivity index (χ3n) is 6.59. The number of ether oxygens (including phenoxy) is 1. The summed E-state index contributed by atoms with van der Waals surface area (Å²) in [6.45, 7) is 2.54. The number of aliphatic hydroxyl groups is 1. The SMILES string of the molecule is Cc1cc(/C(O)=C2/C(=O)C(=O)N(CCc3ccc(Cl)cc3)C2c2ccco2)ccc1OCc1ccccc1. The molecule has 0 aliphatic carbocycles. The van der Waals surface area contributed by atoms with Crippen LogP contribution < -0.4 is 4.74 Å². The first-order valence-corrected chi connectivity index (χ1v) is 12.6. The van der Waals surface area contributed by atoms with E-state index in [1.165, 1.54) is 11.2 Å². The lowest BCUT2D eigenvalue weighted by Crippen LogP contribution is -2.31. The number of aryl methyl sites for hydroxylation is 1. The maximum Gasteiger partial charge on any atom is 0.295 e. The van der Waals surface area contributed by atoms with Crippen LogP contribution in [0.4, 0.5) is 0 Å². The average Bonchev–Trinajstić information content (AvgIpc) is 3.55. The zero-order valence-corrected chi connectivity index (χ0v) is 21.5. The van der Waals surface area contributed by atoms with Crippen molar-refractivity contribution < 1.29 is 23.8 Å². The summed E-state index contributed by atoms with van der Waals surface area (Å²) in [6, 6.07) is 24.9. The van der Waals surface area contributed by atoms with Crippen LogP contribution in [0.25, 0.3) is 5.76 Å². The minimum atomic E-state index is -0.841. The van der Waals surface area contributed by atoms with Crippen molar-refractivity contribution in [3.05, 3.63) is 130 Å². The van der Waals surface area contributed by atoms with Crippen molar-refractivity contribution in [1.82, 2.24) is 4.90 Å². The lowest BCUT2D eigenvalue weighted by atomic mass is 9.98. The van der Waals surface area contributed by atoms with Crippen molar-refractivity contribution in [2.75, 3.05) is 6.54 Å². The summed E-state index contributed by atoms with van der Waals surface area (Å²) in [5, 5.41) is 11.9. The number of carbonyl (C=O) groups excluding carboxylic acids is 2. The summed E-state index contributed by atoms with van der Waals surface area (Å²) >= 11 is 5.99. The van der Waals surface area contributed by atoms with E-state index in [2.05, 4.69) is 0 Å². The van der Waals surface area contributed by atoms with Crippen molar-refractivity contribution in [2.45, 2.75) is 26.0 Å².